The second-order valence-corrected chi connectivity index (χ2v) is 6.32. The average molecular weight is 240 g/mol. The molecule has 0 aliphatic rings. The van der Waals surface area contributed by atoms with Crippen LogP contribution in [-0.4, -0.2) is 46.3 Å². The van der Waals surface area contributed by atoms with E-state index in [-0.39, 0.29) is 6.42 Å². The second-order valence-electron chi connectivity index (χ2n) is 2.54. The summed E-state index contributed by atoms with van der Waals surface area (Å²) in [7, 11) is 0.239. The molecule has 0 fully saturated rings. The molecule has 5 nitrogen and oxygen atoms in total. The Balaban J connectivity index is 4.13. The lowest BCUT2D eigenvalue weighted by molar-refractivity contribution is -0.136. The largest absolute Gasteiger partial charge is 0.501 e. The molecule has 0 aromatic rings. The molecule has 0 aromatic heterocycles. The minimum Gasteiger partial charge on any atom is -0.481 e. The lowest BCUT2D eigenvalue weighted by Crippen LogP contribution is -2.44. The molecular formula is C7H16O5SSi. The molecule has 0 heterocycles. The minimum atomic E-state index is -2.73. The quantitative estimate of drug-likeness (QED) is 0.505. The number of rotatable bonds is 8. The monoisotopic (exact) mass is 240 g/mol. The summed E-state index contributed by atoms with van der Waals surface area (Å²) in [4.78, 5) is 10.4. The van der Waals surface area contributed by atoms with Crippen molar-refractivity contribution in [1.82, 2.24) is 0 Å². The van der Waals surface area contributed by atoms with Crippen LogP contribution in [-0.2, 0) is 18.1 Å². The van der Waals surface area contributed by atoms with Crippen molar-refractivity contribution in [2.24, 2.45) is 0 Å². The Morgan fingerprint density at radius 3 is 2.36 bits per heavy atom. The maximum absolute atomic E-state index is 10.4. The number of thioether (sulfide) groups is 1. The second kappa shape index (κ2) is 7.24. The third-order valence-electron chi connectivity index (χ3n) is 1.66. The van der Waals surface area contributed by atoms with Gasteiger partial charge in [0.15, 0.2) is 0 Å². The fourth-order valence-corrected chi connectivity index (χ4v) is 3.55. The van der Waals surface area contributed by atoms with Crippen LogP contribution >= 0.6 is 11.8 Å². The molecule has 0 atom stereocenters. The van der Waals surface area contributed by atoms with Crippen molar-refractivity contribution in [3.05, 3.63) is 0 Å². The van der Waals surface area contributed by atoms with E-state index < -0.39 is 14.8 Å². The molecular weight excluding hydrogens is 224 g/mol. The molecule has 14 heavy (non-hydrogen) atoms. The first-order chi connectivity index (χ1) is 6.60. The van der Waals surface area contributed by atoms with Gasteiger partial charge in [-0.3, -0.25) is 4.79 Å². The van der Waals surface area contributed by atoms with E-state index in [9.17, 15) is 4.79 Å². The van der Waals surface area contributed by atoms with Crippen LogP contribution in [0.2, 0.25) is 6.04 Å². The van der Waals surface area contributed by atoms with Crippen molar-refractivity contribution in [1.29, 1.82) is 0 Å². The Kier molecular flexibility index (Phi) is 7.20. The van der Waals surface area contributed by atoms with Crippen LogP contribution < -0.4 is 0 Å². The predicted molar refractivity (Wildman–Crippen MR) is 56.3 cm³/mol. The summed E-state index contributed by atoms with van der Waals surface area (Å²) in [5.74, 6) is -0.420. The molecule has 0 unspecified atom stereocenters. The fraction of sp³-hybridized carbons (Fsp3) is 0.857. The highest BCUT2D eigenvalue weighted by Crippen LogP contribution is 2.17. The molecule has 84 valence electrons. The SMILES string of the molecule is CO[Si](CCC(=O)O)(OC)OCSC. The van der Waals surface area contributed by atoms with Crippen LogP contribution in [0.15, 0.2) is 0 Å². The van der Waals surface area contributed by atoms with Gasteiger partial charge < -0.3 is 18.4 Å². The van der Waals surface area contributed by atoms with Crippen molar-refractivity contribution >= 4 is 26.5 Å². The number of carbonyl (C=O) groups is 1. The number of carboxylic acid groups (broad SMARTS) is 1. The van der Waals surface area contributed by atoms with Gasteiger partial charge >= 0.3 is 14.8 Å². The summed E-state index contributed by atoms with van der Waals surface area (Å²) in [5, 5.41) is 8.54. The van der Waals surface area contributed by atoms with Crippen molar-refractivity contribution in [3.63, 3.8) is 0 Å². The predicted octanol–water partition coefficient (Wildman–Crippen LogP) is 1.03. The van der Waals surface area contributed by atoms with Gasteiger partial charge in [0.05, 0.1) is 5.94 Å². The average Bonchev–Trinajstić information content (AvgIpc) is 2.19. The summed E-state index contributed by atoms with van der Waals surface area (Å²) >= 11 is 1.50. The molecule has 0 spiro atoms. The molecule has 0 aliphatic carbocycles. The van der Waals surface area contributed by atoms with Gasteiger partial charge in [-0.2, -0.15) is 0 Å². The summed E-state index contributed by atoms with van der Waals surface area (Å²) in [6, 6.07) is 0.301. The van der Waals surface area contributed by atoms with E-state index in [2.05, 4.69) is 0 Å². The van der Waals surface area contributed by atoms with Gasteiger partial charge in [0.25, 0.3) is 0 Å². The lowest BCUT2D eigenvalue weighted by Gasteiger charge is -2.25. The number of hydrogen-bond donors (Lipinski definition) is 1. The Bertz CT molecular complexity index is 173. The van der Waals surface area contributed by atoms with E-state index in [1.54, 1.807) is 0 Å². The molecule has 0 saturated heterocycles. The molecule has 1 N–H and O–H groups in total. The van der Waals surface area contributed by atoms with Crippen LogP contribution in [0.25, 0.3) is 0 Å². The Labute approximate surface area is 89.1 Å². The normalized spacial score (nSPS) is 11.6. The van der Waals surface area contributed by atoms with E-state index in [0.29, 0.717) is 12.0 Å². The van der Waals surface area contributed by atoms with Gasteiger partial charge in [-0.1, -0.05) is 0 Å². The van der Waals surface area contributed by atoms with E-state index in [0.717, 1.165) is 0 Å². The summed E-state index contributed by atoms with van der Waals surface area (Å²) in [6.45, 7) is 0. The first-order valence-electron chi connectivity index (χ1n) is 4.05. The minimum absolute atomic E-state index is 0.00227. The highest BCUT2D eigenvalue weighted by atomic mass is 32.2. The highest BCUT2D eigenvalue weighted by molar-refractivity contribution is 7.98. The zero-order chi connectivity index (χ0) is 11.0. The van der Waals surface area contributed by atoms with Gasteiger partial charge in [0, 0.05) is 26.7 Å². The smallest absolute Gasteiger partial charge is 0.481 e. The molecule has 0 aliphatic heterocycles. The third kappa shape index (κ3) is 4.96. The lowest BCUT2D eigenvalue weighted by atomic mass is 10.5. The van der Waals surface area contributed by atoms with Crippen molar-refractivity contribution in [2.45, 2.75) is 12.5 Å². The van der Waals surface area contributed by atoms with E-state index in [1.807, 2.05) is 6.26 Å². The highest BCUT2D eigenvalue weighted by Gasteiger charge is 2.39. The Morgan fingerprint density at radius 2 is 2.00 bits per heavy atom. The number of carboxylic acids is 1. The number of hydrogen-bond acceptors (Lipinski definition) is 5. The number of aliphatic carboxylic acids is 1. The van der Waals surface area contributed by atoms with Gasteiger partial charge in [-0.15, -0.1) is 11.8 Å². The van der Waals surface area contributed by atoms with Gasteiger partial charge in [0.1, 0.15) is 0 Å². The van der Waals surface area contributed by atoms with E-state index in [4.69, 9.17) is 18.4 Å². The van der Waals surface area contributed by atoms with Gasteiger partial charge in [0.2, 0.25) is 0 Å². The molecule has 0 radical (unpaired) electrons. The molecule has 0 bridgehead atoms. The molecule has 0 aromatic carbocycles. The van der Waals surface area contributed by atoms with Crippen molar-refractivity contribution < 1.29 is 23.2 Å². The molecule has 0 amide bonds. The van der Waals surface area contributed by atoms with Crippen LogP contribution in [0.5, 0.6) is 0 Å². The van der Waals surface area contributed by atoms with Gasteiger partial charge in [-0.25, -0.2) is 0 Å². The molecule has 0 saturated carbocycles. The first-order valence-corrected chi connectivity index (χ1v) is 7.38. The summed E-state index contributed by atoms with van der Waals surface area (Å²) in [6.07, 6.45) is 1.89. The van der Waals surface area contributed by atoms with E-state index >= 15 is 0 Å². The van der Waals surface area contributed by atoms with E-state index in [1.165, 1.54) is 26.0 Å². The van der Waals surface area contributed by atoms with Crippen LogP contribution in [0.3, 0.4) is 0 Å². The topological polar surface area (TPSA) is 65.0 Å². The van der Waals surface area contributed by atoms with Crippen LogP contribution in [0, 0.1) is 0 Å². The molecule has 0 rings (SSSR count). The Morgan fingerprint density at radius 1 is 1.43 bits per heavy atom. The maximum atomic E-state index is 10.4. The summed E-state index contributed by atoms with van der Waals surface area (Å²) in [5.41, 5.74) is 0. The molecule has 7 heteroatoms. The fourth-order valence-electron chi connectivity index (χ4n) is 0.886. The zero-order valence-electron chi connectivity index (χ0n) is 8.61. The first kappa shape index (κ1) is 13.9. The van der Waals surface area contributed by atoms with Crippen LogP contribution in [0.1, 0.15) is 6.42 Å². The van der Waals surface area contributed by atoms with Crippen LogP contribution in [0.4, 0.5) is 0 Å². The Hall–Kier alpha value is -0.0831. The third-order valence-corrected chi connectivity index (χ3v) is 4.92. The van der Waals surface area contributed by atoms with Crippen molar-refractivity contribution in [2.75, 3.05) is 26.4 Å². The standard InChI is InChI=1S/C7H16O5SSi/c1-10-14(11-2,12-6-13-3)5-4-7(8)9/h4-6H2,1-3H3,(H,8,9). The van der Waals surface area contributed by atoms with Gasteiger partial charge in [-0.05, 0) is 6.26 Å². The summed E-state index contributed by atoms with van der Waals surface area (Å²) < 4.78 is 15.7. The van der Waals surface area contributed by atoms with Crippen molar-refractivity contribution in [3.8, 4) is 0 Å². The maximum Gasteiger partial charge on any atom is 0.501 e. The zero-order valence-corrected chi connectivity index (χ0v) is 10.4.